The van der Waals surface area contributed by atoms with Crippen molar-refractivity contribution in [3.8, 4) is 0 Å². The maximum absolute atomic E-state index is 11.8. The molecule has 0 aliphatic heterocycles. The van der Waals surface area contributed by atoms with Crippen molar-refractivity contribution in [3.63, 3.8) is 0 Å². The van der Waals surface area contributed by atoms with Crippen molar-refractivity contribution in [3.05, 3.63) is 21.9 Å². The van der Waals surface area contributed by atoms with Gasteiger partial charge in [0.05, 0.1) is 11.6 Å². The molecule has 1 aromatic heterocycles. The molecule has 9 heteroatoms. The lowest BCUT2D eigenvalue weighted by atomic mass is 10.3. The van der Waals surface area contributed by atoms with Crippen LogP contribution in [0.2, 0.25) is 10.2 Å². The number of halogens is 3. The van der Waals surface area contributed by atoms with Gasteiger partial charge in [-0.05, 0) is 38.2 Å². The molecule has 0 amide bonds. The van der Waals surface area contributed by atoms with Crippen molar-refractivity contribution < 1.29 is 9.53 Å². The highest BCUT2D eigenvalue weighted by molar-refractivity contribution is 14.0. The maximum atomic E-state index is 11.8. The Labute approximate surface area is 182 Å². The van der Waals surface area contributed by atoms with E-state index in [-0.39, 0.29) is 36.0 Å². The average Bonchev–Trinajstić information content (AvgIpc) is 3.18. The molecule has 2 rings (SSSR count). The van der Waals surface area contributed by atoms with Gasteiger partial charge in [0.15, 0.2) is 5.96 Å². The highest BCUT2D eigenvalue weighted by Crippen LogP contribution is 2.25. The van der Waals surface area contributed by atoms with Crippen LogP contribution in [0.1, 0.15) is 44.2 Å². The molecule has 1 saturated carbocycles. The molecule has 1 aliphatic rings. The first-order valence-corrected chi connectivity index (χ1v) is 9.40. The van der Waals surface area contributed by atoms with Gasteiger partial charge in [0, 0.05) is 32.8 Å². The topological polar surface area (TPSA) is 67.7 Å². The maximum Gasteiger partial charge on any atom is 0.306 e. The highest BCUT2D eigenvalue weighted by atomic mass is 127. The number of aromatic nitrogens is 1. The summed E-state index contributed by atoms with van der Waals surface area (Å²) >= 11 is 12.1. The fourth-order valence-electron chi connectivity index (χ4n) is 2.84. The number of nitrogens with zero attached hydrogens (tertiary/aromatic N) is 2. The van der Waals surface area contributed by atoms with Gasteiger partial charge in [-0.2, -0.15) is 0 Å². The molecule has 2 N–H and O–H groups in total. The molecule has 0 radical (unpaired) electrons. The zero-order chi connectivity index (χ0) is 18.2. The number of hydrogen-bond donors (Lipinski definition) is 2. The van der Waals surface area contributed by atoms with Gasteiger partial charge in [-0.15, -0.1) is 24.0 Å². The van der Waals surface area contributed by atoms with E-state index in [0.717, 1.165) is 18.5 Å². The number of aliphatic imine (C=N–C) groups is 1. The minimum atomic E-state index is -0.107. The fraction of sp³-hybridized carbons (Fsp3) is 0.647. The summed E-state index contributed by atoms with van der Waals surface area (Å²) in [5.74, 6) is 0.558. The number of rotatable bonds is 7. The molecule has 26 heavy (non-hydrogen) atoms. The molecule has 0 aromatic carbocycles. The van der Waals surface area contributed by atoms with Crippen LogP contribution < -0.4 is 10.6 Å². The molecule has 1 fully saturated rings. The van der Waals surface area contributed by atoms with Crippen LogP contribution in [0.5, 0.6) is 0 Å². The first-order valence-electron chi connectivity index (χ1n) is 8.65. The first kappa shape index (κ1) is 23.4. The number of nitrogens with one attached hydrogen (secondary N) is 2. The Morgan fingerprint density at radius 3 is 2.62 bits per heavy atom. The lowest BCUT2D eigenvalue weighted by Crippen LogP contribution is -2.37. The summed E-state index contributed by atoms with van der Waals surface area (Å²) in [4.78, 5) is 15.9. The molecule has 1 aliphatic carbocycles. The SMILES string of the molecule is CN=C(NCCCC(=O)OC1CCCC1)NCc1cc(Cl)c(Cl)n1C.I. The third-order valence-electron chi connectivity index (χ3n) is 4.33. The van der Waals surface area contributed by atoms with Gasteiger partial charge in [-0.1, -0.05) is 23.2 Å². The van der Waals surface area contributed by atoms with Gasteiger partial charge in [-0.25, -0.2) is 0 Å². The molecule has 0 spiro atoms. The Morgan fingerprint density at radius 1 is 1.35 bits per heavy atom. The molecule has 0 saturated heterocycles. The molecule has 148 valence electrons. The largest absolute Gasteiger partial charge is 0.462 e. The fourth-order valence-corrected chi connectivity index (χ4v) is 3.26. The summed E-state index contributed by atoms with van der Waals surface area (Å²) in [5, 5.41) is 7.43. The summed E-state index contributed by atoms with van der Waals surface area (Å²) in [6.45, 7) is 1.19. The second kappa shape index (κ2) is 11.9. The number of carbonyl (C=O) groups excluding carboxylic acids is 1. The third kappa shape index (κ3) is 7.15. The van der Waals surface area contributed by atoms with E-state index in [1.54, 1.807) is 7.05 Å². The van der Waals surface area contributed by atoms with Gasteiger partial charge in [-0.3, -0.25) is 9.79 Å². The van der Waals surface area contributed by atoms with Crippen LogP contribution >= 0.6 is 47.2 Å². The molecule has 1 heterocycles. The van der Waals surface area contributed by atoms with E-state index in [0.29, 0.717) is 42.1 Å². The van der Waals surface area contributed by atoms with E-state index >= 15 is 0 Å². The van der Waals surface area contributed by atoms with Crippen molar-refractivity contribution in [1.29, 1.82) is 0 Å². The van der Waals surface area contributed by atoms with Crippen molar-refractivity contribution in [2.45, 2.75) is 51.2 Å². The molecule has 0 atom stereocenters. The van der Waals surface area contributed by atoms with Crippen LogP contribution in [0.4, 0.5) is 0 Å². The number of guanidine groups is 1. The van der Waals surface area contributed by atoms with Gasteiger partial charge in [0.25, 0.3) is 0 Å². The monoisotopic (exact) mass is 516 g/mol. The van der Waals surface area contributed by atoms with Crippen molar-refractivity contribution in [2.75, 3.05) is 13.6 Å². The minimum absolute atomic E-state index is 0. The molecule has 6 nitrogen and oxygen atoms in total. The highest BCUT2D eigenvalue weighted by Gasteiger charge is 2.18. The summed E-state index contributed by atoms with van der Waals surface area (Å²) in [5.41, 5.74) is 0.957. The van der Waals surface area contributed by atoms with E-state index in [9.17, 15) is 4.79 Å². The van der Waals surface area contributed by atoms with Gasteiger partial charge in [0.2, 0.25) is 0 Å². The van der Waals surface area contributed by atoms with Crippen LogP contribution in [0.3, 0.4) is 0 Å². The van der Waals surface area contributed by atoms with Crippen molar-refractivity contribution in [1.82, 2.24) is 15.2 Å². The Hall–Kier alpha value is -0.670. The Balaban J connectivity index is 0.00000338. The first-order chi connectivity index (χ1) is 12.0. The number of esters is 1. The molecule has 0 unspecified atom stereocenters. The van der Waals surface area contributed by atoms with E-state index in [1.807, 2.05) is 17.7 Å². The molecule has 0 bridgehead atoms. The second-order valence-electron chi connectivity index (χ2n) is 6.19. The zero-order valence-electron chi connectivity index (χ0n) is 15.2. The smallest absolute Gasteiger partial charge is 0.306 e. The summed E-state index contributed by atoms with van der Waals surface area (Å²) in [6.07, 6.45) is 5.61. The number of carbonyl (C=O) groups is 1. The van der Waals surface area contributed by atoms with Gasteiger partial charge in [0.1, 0.15) is 11.3 Å². The average molecular weight is 517 g/mol. The Bertz CT molecular complexity index is 616. The molecule has 1 aromatic rings. The summed E-state index contributed by atoms with van der Waals surface area (Å²) in [7, 11) is 3.56. The summed E-state index contributed by atoms with van der Waals surface area (Å²) in [6, 6.07) is 1.82. The van der Waals surface area contributed by atoms with Gasteiger partial charge >= 0.3 is 5.97 Å². The van der Waals surface area contributed by atoms with Crippen LogP contribution in [0.15, 0.2) is 11.1 Å². The summed E-state index contributed by atoms with van der Waals surface area (Å²) < 4.78 is 7.26. The lowest BCUT2D eigenvalue weighted by molar-refractivity contribution is -0.148. The third-order valence-corrected chi connectivity index (χ3v) is 5.17. The van der Waals surface area contributed by atoms with E-state index < -0.39 is 0 Å². The molecular weight excluding hydrogens is 490 g/mol. The predicted molar refractivity (Wildman–Crippen MR) is 117 cm³/mol. The van der Waals surface area contributed by atoms with E-state index in [1.165, 1.54) is 12.8 Å². The van der Waals surface area contributed by atoms with E-state index in [2.05, 4.69) is 15.6 Å². The van der Waals surface area contributed by atoms with Crippen molar-refractivity contribution >= 4 is 59.1 Å². The predicted octanol–water partition coefficient (Wildman–Crippen LogP) is 3.88. The standard InChI is InChI=1S/C17H26Cl2N4O2.HI/c1-20-17(22-11-12-10-14(18)16(19)23(12)2)21-9-5-8-15(24)25-13-6-3-4-7-13;/h10,13H,3-9,11H2,1-2H3,(H2,20,21,22);1H. The number of hydrogen-bond acceptors (Lipinski definition) is 3. The van der Waals surface area contributed by atoms with E-state index in [4.69, 9.17) is 27.9 Å². The molecular formula is C17H27Cl2IN4O2. The van der Waals surface area contributed by atoms with Gasteiger partial charge < -0.3 is 19.9 Å². The quantitative estimate of drug-likeness (QED) is 0.190. The second-order valence-corrected chi connectivity index (χ2v) is 6.95. The normalized spacial score (nSPS) is 14.8. The Morgan fingerprint density at radius 2 is 2.04 bits per heavy atom. The lowest BCUT2D eigenvalue weighted by Gasteiger charge is -2.13. The Kier molecular flexibility index (Phi) is 10.7. The van der Waals surface area contributed by atoms with Crippen LogP contribution in [0, 0.1) is 0 Å². The van der Waals surface area contributed by atoms with Crippen LogP contribution in [0.25, 0.3) is 0 Å². The van der Waals surface area contributed by atoms with Crippen LogP contribution in [-0.4, -0.2) is 36.2 Å². The minimum Gasteiger partial charge on any atom is -0.462 e. The van der Waals surface area contributed by atoms with Crippen molar-refractivity contribution in [2.24, 2.45) is 12.0 Å². The van der Waals surface area contributed by atoms with Crippen LogP contribution in [-0.2, 0) is 23.1 Å². The number of ether oxygens (including phenoxy) is 1. The zero-order valence-corrected chi connectivity index (χ0v) is 19.0.